The third-order valence-electron chi connectivity index (χ3n) is 4.56. The summed E-state index contributed by atoms with van der Waals surface area (Å²) < 4.78 is 0. The molecule has 1 aliphatic rings. The molecule has 6 heteroatoms. The van der Waals surface area contributed by atoms with Crippen LogP contribution in [0.25, 0.3) is 0 Å². The van der Waals surface area contributed by atoms with Crippen molar-refractivity contribution in [2.24, 2.45) is 10.9 Å². The lowest BCUT2D eigenvalue weighted by molar-refractivity contribution is -0.130. The predicted molar refractivity (Wildman–Crippen MR) is 101 cm³/mol. The van der Waals surface area contributed by atoms with Gasteiger partial charge in [-0.3, -0.25) is 14.7 Å². The van der Waals surface area contributed by atoms with Gasteiger partial charge < -0.3 is 15.5 Å². The largest absolute Gasteiger partial charge is 0.355 e. The molecular formula is C18H37N5O. The quantitative estimate of drug-likeness (QED) is 0.520. The van der Waals surface area contributed by atoms with E-state index in [4.69, 9.17) is 0 Å². The number of hydrogen-bond acceptors (Lipinski definition) is 3. The Bertz CT molecular complexity index is 389. The van der Waals surface area contributed by atoms with Crippen molar-refractivity contribution in [2.45, 2.75) is 53.0 Å². The summed E-state index contributed by atoms with van der Waals surface area (Å²) in [5.41, 5.74) is 0. The van der Waals surface area contributed by atoms with Gasteiger partial charge in [-0.2, -0.15) is 0 Å². The molecule has 140 valence electrons. The highest BCUT2D eigenvalue weighted by Gasteiger charge is 2.18. The average molecular weight is 340 g/mol. The molecule has 24 heavy (non-hydrogen) atoms. The van der Waals surface area contributed by atoms with Gasteiger partial charge in [-0.1, -0.05) is 26.7 Å². The van der Waals surface area contributed by atoms with Crippen LogP contribution in [0.5, 0.6) is 0 Å². The van der Waals surface area contributed by atoms with Gasteiger partial charge >= 0.3 is 0 Å². The molecule has 0 bridgehead atoms. The van der Waals surface area contributed by atoms with E-state index in [1.165, 1.54) is 19.3 Å². The summed E-state index contributed by atoms with van der Waals surface area (Å²) in [6.45, 7) is 13.9. The summed E-state index contributed by atoms with van der Waals surface area (Å²) in [4.78, 5) is 20.0. The summed E-state index contributed by atoms with van der Waals surface area (Å²) in [5.74, 6) is 1.84. The standard InChI is InChI=1S/C18H37N5O/c1-15(2)7-6-8-16(3)21-18(19-5)20-9-10-22-11-13-23(14-12-22)17(4)24/h15-16H,6-14H2,1-5H3,(H2,19,20,21). The number of carbonyl (C=O) groups is 1. The molecule has 0 saturated carbocycles. The molecular weight excluding hydrogens is 302 g/mol. The van der Waals surface area contributed by atoms with Crippen molar-refractivity contribution in [3.8, 4) is 0 Å². The number of rotatable bonds is 8. The van der Waals surface area contributed by atoms with E-state index in [2.05, 4.69) is 41.3 Å². The van der Waals surface area contributed by atoms with Crippen molar-refractivity contribution in [1.82, 2.24) is 20.4 Å². The Hall–Kier alpha value is -1.30. The van der Waals surface area contributed by atoms with Crippen molar-refractivity contribution in [2.75, 3.05) is 46.3 Å². The third kappa shape index (κ3) is 8.52. The maximum Gasteiger partial charge on any atom is 0.219 e. The second-order valence-electron chi connectivity index (χ2n) is 7.22. The Labute approximate surface area is 148 Å². The van der Waals surface area contributed by atoms with Crippen molar-refractivity contribution in [3.05, 3.63) is 0 Å². The molecule has 6 nitrogen and oxygen atoms in total. The van der Waals surface area contributed by atoms with Crippen LogP contribution >= 0.6 is 0 Å². The highest BCUT2D eigenvalue weighted by Crippen LogP contribution is 2.08. The van der Waals surface area contributed by atoms with Crippen LogP contribution in [-0.2, 0) is 4.79 Å². The molecule has 1 atom stereocenters. The number of piperazine rings is 1. The van der Waals surface area contributed by atoms with E-state index in [9.17, 15) is 4.79 Å². The SMILES string of the molecule is CN=C(NCCN1CCN(C(C)=O)CC1)NC(C)CCCC(C)C. The van der Waals surface area contributed by atoms with Crippen LogP contribution in [0.4, 0.5) is 0 Å². The number of aliphatic imine (C=N–C) groups is 1. The fourth-order valence-corrected chi connectivity index (χ4v) is 2.95. The highest BCUT2D eigenvalue weighted by atomic mass is 16.2. The summed E-state index contributed by atoms with van der Waals surface area (Å²) in [7, 11) is 1.82. The van der Waals surface area contributed by atoms with E-state index in [-0.39, 0.29) is 5.91 Å². The van der Waals surface area contributed by atoms with Crippen molar-refractivity contribution in [1.29, 1.82) is 0 Å². The first-order valence-corrected chi connectivity index (χ1v) is 9.37. The van der Waals surface area contributed by atoms with Gasteiger partial charge in [-0.15, -0.1) is 0 Å². The monoisotopic (exact) mass is 339 g/mol. The van der Waals surface area contributed by atoms with Gasteiger partial charge in [0.25, 0.3) is 0 Å². The Morgan fingerprint density at radius 3 is 2.33 bits per heavy atom. The van der Waals surface area contributed by atoms with E-state index in [0.29, 0.717) is 6.04 Å². The molecule has 0 spiro atoms. The lowest BCUT2D eigenvalue weighted by atomic mass is 10.0. The van der Waals surface area contributed by atoms with E-state index in [0.717, 1.165) is 51.1 Å². The maximum atomic E-state index is 11.3. The topological polar surface area (TPSA) is 60.0 Å². The molecule has 0 aromatic rings. The Morgan fingerprint density at radius 1 is 1.12 bits per heavy atom. The first kappa shape index (κ1) is 20.7. The molecule has 0 aromatic carbocycles. The van der Waals surface area contributed by atoms with Crippen LogP contribution in [0.15, 0.2) is 4.99 Å². The van der Waals surface area contributed by atoms with Gasteiger partial charge in [0.2, 0.25) is 5.91 Å². The molecule has 1 heterocycles. The number of amides is 1. The summed E-state index contributed by atoms with van der Waals surface area (Å²) >= 11 is 0. The van der Waals surface area contributed by atoms with Crippen molar-refractivity contribution < 1.29 is 4.79 Å². The van der Waals surface area contributed by atoms with Gasteiger partial charge in [0, 0.05) is 59.3 Å². The lowest BCUT2D eigenvalue weighted by Crippen LogP contribution is -2.50. The number of nitrogens with one attached hydrogen (secondary N) is 2. The third-order valence-corrected chi connectivity index (χ3v) is 4.56. The molecule has 1 saturated heterocycles. The Kier molecular flexibility index (Phi) is 9.76. The Balaban J connectivity index is 2.17. The first-order valence-electron chi connectivity index (χ1n) is 9.37. The normalized spacial score (nSPS) is 17.9. The van der Waals surface area contributed by atoms with Crippen molar-refractivity contribution >= 4 is 11.9 Å². The van der Waals surface area contributed by atoms with Gasteiger partial charge in [-0.25, -0.2) is 0 Å². The minimum atomic E-state index is 0.184. The zero-order valence-electron chi connectivity index (χ0n) is 16.3. The molecule has 1 fully saturated rings. The fourth-order valence-electron chi connectivity index (χ4n) is 2.95. The van der Waals surface area contributed by atoms with E-state index >= 15 is 0 Å². The fraction of sp³-hybridized carbons (Fsp3) is 0.889. The number of carbonyl (C=O) groups excluding carboxylic acids is 1. The molecule has 0 aromatic heterocycles. The molecule has 1 unspecified atom stereocenters. The molecule has 2 N–H and O–H groups in total. The maximum absolute atomic E-state index is 11.3. The van der Waals surface area contributed by atoms with Gasteiger partial charge in [0.15, 0.2) is 5.96 Å². The number of nitrogens with zero attached hydrogens (tertiary/aromatic N) is 3. The zero-order valence-corrected chi connectivity index (χ0v) is 16.3. The van der Waals surface area contributed by atoms with Crippen LogP contribution in [0.3, 0.4) is 0 Å². The number of hydrogen-bond donors (Lipinski definition) is 2. The van der Waals surface area contributed by atoms with E-state index in [1.54, 1.807) is 6.92 Å². The molecule has 0 aliphatic carbocycles. The smallest absolute Gasteiger partial charge is 0.219 e. The summed E-state index contributed by atoms with van der Waals surface area (Å²) in [5, 5.41) is 6.87. The van der Waals surface area contributed by atoms with E-state index in [1.807, 2.05) is 11.9 Å². The van der Waals surface area contributed by atoms with Gasteiger partial charge in [0.1, 0.15) is 0 Å². The van der Waals surface area contributed by atoms with Crippen LogP contribution in [0, 0.1) is 5.92 Å². The number of guanidine groups is 1. The summed E-state index contributed by atoms with van der Waals surface area (Å²) in [6.07, 6.45) is 3.71. The second kappa shape index (κ2) is 11.3. The Morgan fingerprint density at radius 2 is 1.79 bits per heavy atom. The lowest BCUT2D eigenvalue weighted by Gasteiger charge is -2.34. The second-order valence-corrected chi connectivity index (χ2v) is 7.22. The average Bonchev–Trinajstić information content (AvgIpc) is 2.54. The van der Waals surface area contributed by atoms with Crippen molar-refractivity contribution in [3.63, 3.8) is 0 Å². The van der Waals surface area contributed by atoms with Crippen LogP contribution in [0.1, 0.15) is 47.0 Å². The van der Waals surface area contributed by atoms with Crippen LogP contribution in [-0.4, -0.2) is 74.0 Å². The predicted octanol–water partition coefficient (Wildman–Crippen LogP) is 1.53. The van der Waals surface area contributed by atoms with E-state index < -0.39 is 0 Å². The van der Waals surface area contributed by atoms with Crippen LogP contribution < -0.4 is 10.6 Å². The minimum Gasteiger partial charge on any atom is -0.355 e. The molecule has 1 amide bonds. The molecule has 1 aliphatic heterocycles. The molecule has 0 radical (unpaired) electrons. The first-order chi connectivity index (χ1) is 11.4. The van der Waals surface area contributed by atoms with Gasteiger partial charge in [0.05, 0.1) is 0 Å². The zero-order chi connectivity index (χ0) is 17.9. The van der Waals surface area contributed by atoms with Gasteiger partial charge in [-0.05, 0) is 19.3 Å². The minimum absolute atomic E-state index is 0.184. The highest BCUT2D eigenvalue weighted by molar-refractivity contribution is 5.79. The summed E-state index contributed by atoms with van der Waals surface area (Å²) in [6, 6.07) is 0.439. The molecule has 1 rings (SSSR count). The van der Waals surface area contributed by atoms with Crippen LogP contribution in [0.2, 0.25) is 0 Å².